The van der Waals surface area contributed by atoms with Gasteiger partial charge in [-0.15, -0.1) is 0 Å². The lowest BCUT2D eigenvalue weighted by atomic mass is 9.93. The van der Waals surface area contributed by atoms with E-state index in [-0.39, 0.29) is 5.54 Å². The third-order valence-corrected chi connectivity index (χ3v) is 3.27. The van der Waals surface area contributed by atoms with Crippen LogP contribution in [0.15, 0.2) is 24.3 Å². The second-order valence-electron chi connectivity index (χ2n) is 5.03. The molecule has 2 heteroatoms. The fourth-order valence-electron chi connectivity index (χ4n) is 2.22. The number of hydrogen-bond donors (Lipinski definition) is 1. The molecule has 0 amide bonds. The predicted octanol–water partition coefficient (Wildman–Crippen LogP) is 2.31. The molecule has 0 radical (unpaired) electrons. The van der Waals surface area contributed by atoms with Crippen LogP contribution in [0.1, 0.15) is 24.5 Å². The van der Waals surface area contributed by atoms with Crippen LogP contribution in [0.2, 0.25) is 0 Å². The molecule has 1 aromatic carbocycles. The average molecular weight is 219 g/mol. The minimum atomic E-state index is 0.155. The van der Waals surface area contributed by atoms with Crippen LogP contribution < -0.4 is 5.32 Å². The number of aryl methyl sites for hydroxylation is 2. The van der Waals surface area contributed by atoms with E-state index in [4.69, 9.17) is 4.74 Å². The van der Waals surface area contributed by atoms with Crippen LogP contribution in [-0.2, 0) is 11.2 Å². The highest BCUT2D eigenvalue weighted by molar-refractivity contribution is 5.22. The Morgan fingerprint density at radius 1 is 1.44 bits per heavy atom. The first-order chi connectivity index (χ1) is 7.68. The van der Waals surface area contributed by atoms with Crippen LogP contribution in [0, 0.1) is 6.92 Å². The van der Waals surface area contributed by atoms with E-state index in [9.17, 15) is 0 Å². The van der Waals surface area contributed by atoms with E-state index < -0.39 is 0 Å². The summed E-state index contributed by atoms with van der Waals surface area (Å²) in [6, 6.07) is 8.76. The summed E-state index contributed by atoms with van der Waals surface area (Å²) in [5.74, 6) is 0. The van der Waals surface area contributed by atoms with Crippen molar-refractivity contribution in [1.29, 1.82) is 0 Å². The van der Waals surface area contributed by atoms with Crippen LogP contribution in [0.4, 0.5) is 0 Å². The monoisotopic (exact) mass is 219 g/mol. The van der Waals surface area contributed by atoms with Gasteiger partial charge >= 0.3 is 0 Å². The van der Waals surface area contributed by atoms with Gasteiger partial charge in [0.15, 0.2) is 0 Å². The number of hydrogen-bond acceptors (Lipinski definition) is 2. The number of rotatable bonds is 3. The summed E-state index contributed by atoms with van der Waals surface area (Å²) in [7, 11) is 0. The van der Waals surface area contributed by atoms with Gasteiger partial charge in [-0.3, -0.25) is 0 Å². The maximum atomic E-state index is 5.53. The molecule has 88 valence electrons. The zero-order valence-electron chi connectivity index (χ0n) is 10.3. The van der Waals surface area contributed by atoms with Crippen molar-refractivity contribution >= 4 is 0 Å². The zero-order chi connectivity index (χ0) is 11.4. The molecule has 1 N–H and O–H groups in total. The van der Waals surface area contributed by atoms with Crippen molar-refractivity contribution in [3.63, 3.8) is 0 Å². The molecule has 0 bridgehead atoms. The molecule has 1 heterocycles. The van der Waals surface area contributed by atoms with Gasteiger partial charge in [0.2, 0.25) is 0 Å². The molecule has 0 aromatic heterocycles. The highest BCUT2D eigenvalue weighted by atomic mass is 16.5. The van der Waals surface area contributed by atoms with Crippen LogP contribution >= 0.6 is 0 Å². The van der Waals surface area contributed by atoms with Gasteiger partial charge in [-0.25, -0.2) is 0 Å². The Hall–Kier alpha value is -0.860. The number of morpholine rings is 1. The topological polar surface area (TPSA) is 21.3 Å². The zero-order valence-corrected chi connectivity index (χ0v) is 10.3. The maximum absolute atomic E-state index is 5.53. The summed E-state index contributed by atoms with van der Waals surface area (Å²) in [5.41, 5.74) is 2.92. The molecule has 0 spiro atoms. The van der Waals surface area contributed by atoms with Crippen molar-refractivity contribution in [2.45, 2.75) is 32.2 Å². The van der Waals surface area contributed by atoms with E-state index in [0.29, 0.717) is 0 Å². The van der Waals surface area contributed by atoms with Crippen LogP contribution in [0.3, 0.4) is 0 Å². The summed E-state index contributed by atoms with van der Waals surface area (Å²) >= 11 is 0. The molecule has 1 aromatic rings. The van der Waals surface area contributed by atoms with E-state index in [2.05, 4.69) is 43.4 Å². The number of ether oxygens (including phenoxy) is 1. The van der Waals surface area contributed by atoms with Crippen LogP contribution in [0.25, 0.3) is 0 Å². The summed E-state index contributed by atoms with van der Waals surface area (Å²) in [6.45, 7) is 7.05. The van der Waals surface area contributed by atoms with Gasteiger partial charge in [-0.1, -0.05) is 29.8 Å². The van der Waals surface area contributed by atoms with Gasteiger partial charge in [0.05, 0.1) is 13.2 Å². The fourth-order valence-corrected chi connectivity index (χ4v) is 2.22. The van der Waals surface area contributed by atoms with Gasteiger partial charge in [0, 0.05) is 12.1 Å². The highest BCUT2D eigenvalue weighted by Crippen LogP contribution is 2.17. The second-order valence-corrected chi connectivity index (χ2v) is 5.03. The Bertz CT molecular complexity index is 342. The van der Waals surface area contributed by atoms with E-state index in [1.54, 1.807) is 0 Å². The van der Waals surface area contributed by atoms with E-state index in [0.717, 1.165) is 32.6 Å². The first kappa shape index (κ1) is 11.6. The molecular weight excluding hydrogens is 198 g/mol. The molecule has 0 saturated carbocycles. The predicted molar refractivity (Wildman–Crippen MR) is 66.7 cm³/mol. The lowest BCUT2D eigenvalue weighted by molar-refractivity contribution is 0.0318. The van der Waals surface area contributed by atoms with Gasteiger partial charge in [0.1, 0.15) is 0 Å². The van der Waals surface area contributed by atoms with Gasteiger partial charge in [0.25, 0.3) is 0 Å². The van der Waals surface area contributed by atoms with E-state index >= 15 is 0 Å². The summed E-state index contributed by atoms with van der Waals surface area (Å²) in [4.78, 5) is 0. The van der Waals surface area contributed by atoms with Crippen LogP contribution in [0.5, 0.6) is 0 Å². The van der Waals surface area contributed by atoms with E-state index in [1.165, 1.54) is 11.1 Å². The lowest BCUT2D eigenvalue weighted by Crippen LogP contribution is -2.52. The molecule has 1 unspecified atom stereocenters. The minimum absolute atomic E-state index is 0.155. The van der Waals surface area contributed by atoms with Crippen molar-refractivity contribution in [3.05, 3.63) is 35.4 Å². The van der Waals surface area contributed by atoms with Gasteiger partial charge in [-0.2, -0.15) is 0 Å². The Kier molecular flexibility index (Phi) is 3.62. The number of nitrogens with one attached hydrogen (secondary N) is 1. The molecule has 0 aliphatic carbocycles. The van der Waals surface area contributed by atoms with Crippen molar-refractivity contribution in [1.82, 2.24) is 5.32 Å². The Balaban J connectivity index is 1.91. The SMILES string of the molecule is Cc1cccc(CCC2(C)COCCN2)c1. The molecule has 16 heavy (non-hydrogen) atoms. The third kappa shape index (κ3) is 3.06. The molecule has 1 aliphatic rings. The summed E-state index contributed by atoms with van der Waals surface area (Å²) in [5, 5.41) is 3.56. The second kappa shape index (κ2) is 4.98. The van der Waals surface area contributed by atoms with Crippen molar-refractivity contribution in [2.24, 2.45) is 0 Å². The maximum Gasteiger partial charge on any atom is 0.0646 e. The van der Waals surface area contributed by atoms with E-state index in [1.807, 2.05) is 0 Å². The fraction of sp³-hybridized carbons (Fsp3) is 0.571. The molecule has 1 atom stereocenters. The smallest absolute Gasteiger partial charge is 0.0646 e. The largest absolute Gasteiger partial charge is 0.378 e. The summed E-state index contributed by atoms with van der Waals surface area (Å²) < 4.78 is 5.53. The van der Waals surface area contributed by atoms with Crippen molar-refractivity contribution < 1.29 is 4.74 Å². The first-order valence-corrected chi connectivity index (χ1v) is 6.06. The van der Waals surface area contributed by atoms with Crippen LogP contribution in [-0.4, -0.2) is 25.3 Å². The molecule has 1 fully saturated rings. The highest BCUT2D eigenvalue weighted by Gasteiger charge is 2.26. The Morgan fingerprint density at radius 2 is 2.31 bits per heavy atom. The quantitative estimate of drug-likeness (QED) is 0.842. The third-order valence-electron chi connectivity index (χ3n) is 3.27. The van der Waals surface area contributed by atoms with Crippen molar-refractivity contribution in [3.8, 4) is 0 Å². The Morgan fingerprint density at radius 3 is 3.00 bits per heavy atom. The molecule has 1 aliphatic heterocycles. The minimum Gasteiger partial charge on any atom is -0.378 e. The molecule has 2 rings (SSSR count). The first-order valence-electron chi connectivity index (χ1n) is 6.06. The normalized spacial score (nSPS) is 25.6. The van der Waals surface area contributed by atoms with Gasteiger partial charge in [-0.05, 0) is 32.3 Å². The Labute approximate surface area is 98.0 Å². The molecule has 1 saturated heterocycles. The molecule has 2 nitrogen and oxygen atoms in total. The molecular formula is C14H21NO. The summed E-state index contributed by atoms with van der Waals surface area (Å²) in [6.07, 6.45) is 2.25. The standard InChI is InChI=1S/C14H21NO/c1-12-4-3-5-13(10-12)6-7-14(2)11-16-9-8-15-14/h3-5,10,15H,6-9,11H2,1-2H3. The lowest BCUT2D eigenvalue weighted by Gasteiger charge is -2.35. The van der Waals surface area contributed by atoms with Gasteiger partial charge < -0.3 is 10.1 Å². The van der Waals surface area contributed by atoms with Crippen molar-refractivity contribution in [2.75, 3.05) is 19.8 Å². The number of benzene rings is 1. The average Bonchev–Trinajstić information content (AvgIpc) is 2.28.